The van der Waals surface area contributed by atoms with Crippen LogP contribution in [0.15, 0.2) is 30.3 Å². The molecule has 0 aromatic heterocycles. The van der Waals surface area contributed by atoms with Gasteiger partial charge in [-0.25, -0.2) is 0 Å². The zero-order valence-corrected chi connectivity index (χ0v) is 11.2. The zero-order valence-electron chi connectivity index (χ0n) is 11.2. The van der Waals surface area contributed by atoms with Crippen molar-refractivity contribution in [1.29, 1.82) is 0 Å². The summed E-state index contributed by atoms with van der Waals surface area (Å²) in [6.45, 7) is 9.27. The minimum Gasteiger partial charge on any atom is -0.365 e. The monoisotopic (exact) mass is 230 g/mol. The molecule has 0 atom stereocenters. The molecular formula is C16H22O. The van der Waals surface area contributed by atoms with E-state index in [1.165, 1.54) is 0 Å². The van der Waals surface area contributed by atoms with Crippen LogP contribution in [0.4, 0.5) is 0 Å². The van der Waals surface area contributed by atoms with Crippen molar-refractivity contribution in [3.05, 3.63) is 35.9 Å². The first kappa shape index (κ1) is 13.8. The Morgan fingerprint density at radius 1 is 1.00 bits per heavy atom. The van der Waals surface area contributed by atoms with E-state index in [2.05, 4.69) is 39.5 Å². The maximum absolute atomic E-state index is 5.81. The number of rotatable bonds is 4. The van der Waals surface area contributed by atoms with E-state index in [9.17, 15) is 0 Å². The fourth-order valence-electron chi connectivity index (χ4n) is 1.95. The minimum absolute atomic E-state index is 0.292. The van der Waals surface area contributed by atoms with Gasteiger partial charge in [-0.05, 0) is 24.0 Å². The molecule has 0 aliphatic rings. The predicted molar refractivity (Wildman–Crippen MR) is 72.7 cm³/mol. The predicted octanol–water partition coefficient (Wildman–Crippen LogP) is 3.74. The van der Waals surface area contributed by atoms with Crippen molar-refractivity contribution >= 4 is 0 Å². The lowest BCUT2D eigenvalue weighted by molar-refractivity contribution is 0.0104. The van der Waals surface area contributed by atoms with E-state index in [-0.39, 0.29) is 0 Å². The molecule has 1 aromatic carbocycles. The molecule has 0 amide bonds. The van der Waals surface area contributed by atoms with Crippen LogP contribution in [-0.2, 0) is 4.74 Å². The highest BCUT2D eigenvalue weighted by Gasteiger charge is 2.16. The van der Waals surface area contributed by atoms with Crippen LogP contribution in [0.25, 0.3) is 0 Å². The van der Waals surface area contributed by atoms with E-state index in [4.69, 9.17) is 4.74 Å². The van der Waals surface area contributed by atoms with Gasteiger partial charge < -0.3 is 4.74 Å². The molecule has 1 aromatic rings. The van der Waals surface area contributed by atoms with Gasteiger partial charge in [0, 0.05) is 5.56 Å². The Kier molecular flexibility index (Phi) is 5.80. The molecule has 0 unspecified atom stereocenters. The second kappa shape index (κ2) is 7.14. The van der Waals surface area contributed by atoms with Crippen LogP contribution < -0.4 is 0 Å². The number of hydrogen-bond donors (Lipinski definition) is 0. The highest BCUT2D eigenvalue weighted by Crippen LogP contribution is 2.15. The molecule has 0 radical (unpaired) electrons. The van der Waals surface area contributed by atoms with Crippen molar-refractivity contribution < 1.29 is 4.74 Å². The summed E-state index contributed by atoms with van der Waals surface area (Å²) in [5.74, 6) is 7.24. The Balaban J connectivity index is 2.44. The largest absolute Gasteiger partial charge is 0.365 e. The van der Waals surface area contributed by atoms with Gasteiger partial charge in [-0.2, -0.15) is 0 Å². The van der Waals surface area contributed by atoms with E-state index >= 15 is 0 Å². The van der Waals surface area contributed by atoms with E-state index < -0.39 is 0 Å². The van der Waals surface area contributed by atoms with Crippen LogP contribution >= 0.6 is 0 Å². The van der Waals surface area contributed by atoms with Crippen molar-refractivity contribution in [3.8, 4) is 11.8 Å². The smallest absolute Gasteiger partial charge is 0.108 e. The summed E-state index contributed by atoms with van der Waals surface area (Å²) in [4.78, 5) is 0. The molecule has 1 nitrogen and oxygen atoms in total. The van der Waals surface area contributed by atoms with Gasteiger partial charge in [-0.15, -0.1) is 0 Å². The summed E-state index contributed by atoms with van der Waals surface area (Å²) < 4.78 is 5.81. The molecule has 0 spiro atoms. The molecule has 0 bridgehead atoms. The van der Waals surface area contributed by atoms with E-state index in [0.29, 0.717) is 24.5 Å². The number of ether oxygens (including phenoxy) is 1. The summed E-state index contributed by atoms with van der Waals surface area (Å²) in [7, 11) is 0. The summed E-state index contributed by atoms with van der Waals surface area (Å²) in [6.07, 6.45) is 0.292. The molecule has 0 N–H and O–H groups in total. The van der Waals surface area contributed by atoms with Crippen LogP contribution in [0, 0.1) is 23.7 Å². The first-order valence-corrected chi connectivity index (χ1v) is 6.26. The molecule has 17 heavy (non-hydrogen) atoms. The van der Waals surface area contributed by atoms with Gasteiger partial charge >= 0.3 is 0 Å². The molecule has 0 fully saturated rings. The third-order valence-corrected chi connectivity index (χ3v) is 2.67. The minimum atomic E-state index is 0.292. The van der Waals surface area contributed by atoms with Crippen LogP contribution in [-0.4, -0.2) is 12.7 Å². The topological polar surface area (TPSA) is 9.23 Å². The second-order valence-corrected chi connectivity index (χ2v) is 4.93. The van der Waals surface area contributed by atoms with Gasteiger partial charge in [-0.3, -0.25) is 0 Å². The fraction of sp³-hybridized carbons (Fsp3) is 0.500. The first-order chi connectivity index (χ1) is 8.11. The fourth-order valence-corrected chi connectivity index (χ4v) is 1.95. The molecule has 1 heteroatoms. The SMILES string of the molecule is CC(C)C(OCC#Cc1ccccc1)C(C)C. The Labute approximate surface area is 105 Å². The summed E-state index contributed by atoms with van der Waals surface area (Å²) in [6, 6.07) is 10.0. The molecular weight excluding hydrogens is 208 g/mol. The lowest BCUT2D eigenvalue weighted by Gasteiger charge is -2.23. The van der Waals surface area contributed by atoms with Crippen molar-refractivity contribution in [2.75, 3.05) is 6.61 Å². The molecule has 0 aliphatic carbocycles. The maximum Gasteiger partial charge on any atom is 0.108 e. The molecule has 0 saturated heterocycles. The summed E-state index contributed by atoms with van der Waals surface area (Å²) in [5, 5.41) is 0. The molecule has 92 valence electrons. The second-order valence-electron chi connectivity index (χ2n) is 4.93. The number of hydrogen-bond acceptors (Lipinski definition) is 1. The van der Waals surface area contributed by atoms with Gasteiger partial charge in [0.15, 0.2) is 0 Å². The standard InChI is InChI=1S/C16H22O/c1-13(2)16(14(3)4)17-12-8-11-15-9-6-5-7-10-15/h5-7,9-10,13-14,16H,12H2,1-4H3. The lowest BCUT2D eigenvalue weighted by Crippen LogP contribution is -2.25. The third-order valence-electron chi connectivity index (χ3n) is 2.67. The van der Waals surface area contributed by atoms with Crippen LogP contribution in [0.2, 0.25) is 0 Å². The zero-order chi connectivity index (χ0) is 12.7. The van der Waals surface area contributed by atoms with Gasteiger partial charge in [-0.1, -0.05) is 57.7 Å². The Bertz CT molecular complexity index is 360. The third kappa shape index (κ3) is 5.06. The van der Waals surface area contributed by atoms with E-state index in [0.717, 1.165) is 5.56 Å². The van der Waals surface area contributed by atoms with E-state index in [1.54, 1.807) is 0 Å². The Morgan fingerprint density at radius 2 is 1.59 bits per heavy atom. The first-order valence-electron chi connectivity index (χ1n) is 6.26. The van der Waals surface area contributed by atoms with Gasteiger partial charge in [0.25, 0.3) is 0 Å². The van der Waals surface area contributed by atoms with Crippen molar-refractivity contribution in [1.82, 2.24) is 0 Å². The molecule has 0 aliphatic heterocycles. The van der Waals surface area contributed by atoms with Crippen molar-refractivity contribution in [2.45, 2.75) is 33.8 Å². The highest BCUT2D eigenvalue weighted by molar-refractivity contribution is 5.33. The average Bonchev–Trinajstić information content (AvgIpc) is 2.29. The van der Waals surface area contributed by atoms with Gasteiger partial charge in [0.1, 0.15) is 6.61 Å². The van der Waals surface area contributed by atoms with Crippen LogP contribution in [0.5, 0.6) is 0 Å². The Hall–Kier alpha value is -1.26. The van der Waals surface area contributed by atoms with Crippen LogP contribution in [0.1, 0.15) is 33.3 Å². The molecule has 0 heterocycles. The van der Waals surface area contributed by atoms with Gasteiger partial charge in [0.05, 0.1) is 6.10 Å². The van der Waals surface area contributed by atoms with Crippen molar-refractivity contribution in [3.63, 3.8) is 0 Å². The molecule has 0 saturated carbocycles. The Morgan fingerprint density at radius 3 is 2.12 bits per heavy atom. The average molecular weight is 230 g/mol. The molecule has 1 rings (SSSR count). The number of benzene rings is 1. The summed E-state index contributed by atoms with van der Waals surface area (Å²) in [5.41, 5.74) is 1.04. The quantitative estimate of drug-likeness (QED) is 0.716. The lowest BCUT2D eigenvalue weighted by atomic mass is 9.96. The highest BCUT2D eigenvalue weighted by atomic mass is 16.5. The van der Waals surface area contributed by atoms with Crippen molar-refractivity contribution in [2.24, 2.45) is 11.8 Å². The summed E-state index contributed by atoms with van der Waals surface area (Å²) >= 11 is 0. The normalized spacial score (nSPS) is 10.8. The van der Waals surface area contributed by atoms with Gasteiger partial charge in [0.2, 0.25) is 0 Å². The van der Waals surface area contributed by atoms with E-state index in [1.807, 2.05) is 30.3 Å². The van der Waals surface area contributed by atoms with Crippen LogP contribution in [0.3, 0.4) is 0 Å². The maximum atomic E-state index is 5.81.